The van der Waals surface area contributed by atoms with Gasteiger partial charge < -0.3 is 15.2 Å². The summed E-state index contributed by atoms with van der Waals surface area (Å²) in [4.78, 5) is 10.7. The van der Waals surface area contributed by atoms with Crippen molar-refractivity contribution in [2.24, 2.45) is 0 Å². The Hall–Kier alpha value is -0.770. The van der Waals surface area contributed by atoms with Crippen LogP contribution in [-0.4, -0.2) is 30.5 Å². The number of methoxy groups -OCH3 is 1. The lowest BCUT2D eigenvalue weighted by atomic mass is 10.2. The molecule has 0 aromatic carbocycles. The standard InChI is InChI=1S/C7H13NO3/c1-11-7(10)8-5-3-2-4-6(5)9/h5-6,9H,2-4H2,1H3,(H,8,10). The van der Waals surface area contributed by atoms with Gasteiger partial charge in [0, 0.05) is 0 Å². The molecule has 0 heterocycles. The number of carbonyl (C=O) groups is 1. The molecule has 2 atom stereocenters. The lowest BCUT2D eigenvalue weighted by molar-refractivity contribution is 0.129. The Bertz CT molecular complexity index is 149. The molecule has 2 N–H and O–H groups in total. The highest BCUT2D eigenvalue weighted by Crippen LogP contribution is 2.18. The third-order valence-electron chi connectivity index (χ3n) is 1.97. The van der Waals surface area contributed by atoms with E-state index in [2.05, 4.69) is 10.1 Å². The summed E-state index contributed by atoms with van der Waals surface area (Å²) >= 11 is 0. The highest BCUT2D eigenvalue weighted by Gasteiger charge is 2.26. The second kappa shape index (κ2) is 3.57. The third-order valence-corrected chi connectivity index (χ3v) is 1.97. The van der Waals surface area contributed by atoms with Gasteiger partial charge >= 0.3 is 6.09 Å². The lowest BCUT2D eigenvalue weighted by Gasteiger charge is -2.14. The number of carbonyl (C=O) groups excluding carboxylic acids is 1. The highest BCUT2D eigenvalue weighted by molar-refractivity contribution is 5.67. The van der Waals surface area contributed by atoms with Gasteiger partial charge in [-0.05, 0) is 19.3 Å². The van der Waals surface area contributed by atoms with Crippen LogP contribution in [0.2, 0.25) is 0 Å². The van der Waals surface area contributed by atoms with Crippen molar-refractivity contribution in [3.63, 3.8) is 0 Å². The molecule has 4 heteroatoms. The molecule has 2 unspecified atom stereocenters. The van der Waals surface area contributed by atoms with Gasteiger partial charge in [-0.25, -0.2) is 4.79 Å². The van der Waals surface area contributed by atoms with E-state index in [4.69, 9.17) is 0 Å². The molecule has 0 aromatic rings. The van der Waals surface area contributed by atoms with E-state index in [0.717, 1.165) is 19.3 Å². The second-order valence-corrected chi connectivity index (χ2v) is 2.74. The number of hydrogen-bond acceptors (Lipinski definition) is 3. The van der Waals surface area contributed by atoms with Crippen LogP contribution in [0.1, 0.15) is 19.3 Å². The van der Waals surface area contributed by atoms with Crippen molar-refractivity contribution >= 4 is 6.09 Å². The number of amides is 1. The Morgan fingerprint density at radius 3 is 2.82 bits per heavy atom. The number of alkyl carbamates (subject to hydrolysis) is 1. The Balaban J connectivity index is 2.30. The molecule has 64 valence electrons. The number of rotatable bonds is 1. The minimum Gasteiger partial charge on any atom is -0.453 e. The first-order valence-corrected chi connectivity index (χ1v) is 3.76. The minimum absolute atomic E-state index is 0.109. The van der Waals surface area contributed by atoms with E-state index in [1.807, 2.05) is 0 Å². The zero-order valence-electron chi connectivity index (χ0n) is 6.54. The predicted octanol–water partition coefficient (Wildman–Crippen LogP) is 0.256. The molecule has 11 heavy (non-hydrogen) atoms. The number of ether oxygens (including phenoxy) is 1. The van der Waals surface area contributed by atoms with Crippen molar-refractivity contribution in [3.05, 3.63) is 0 Å². The van der Waals surface area contributed by atoms with E-state index in [1.54, 1.807) is 0 Å². The molecule has 1 saturated carbocycles. The van der Waals surface area contributed by atoms with Gasteiger partial charge in [0.25, 0.3) is 0 Å². The van der Waals surface area contributed by atoms with Crippen LogP contribution >= 0.6 is 0 Å². The van der Waals surface area contributed by atoms with Crippen molar-refractivity contribution in [2.45, 2.75) is 31.4 Å². The average molecular weight is 159 g/mol. The topological polar surface area (TPSA) is 58.6 Å². The van der Waals surface area contributed by atoms with Gasteiger partial charge in [0.15, 0.2) is 0 Å². The summed E-state index contributed by atoms with van der Waals surface area (Å²) in [7, 11) is 1.32. The molecule has 0 aliphatic heterocycles. The maximum absolute atomic E-state index is 10.7. The van der Waals surface area contributed by atoms with E-state index >= 15 is 0 Å². The van der Waals surface area contributed by atoms with Gasteiger partial charge in [0.05, 0.1) is 19.3 Å². The molecular formula is C7H13NO3. The van der Waals surface area contributed by atoms with Crippen LogP contribution in [0.5, 0.6) is 0 Å². The van der Waals surface area contributed by atoms with Crippen LogP contribution in [0.3, 0.4) is 0 Å². The molecule has 1 fully saturated rings. The zero-order chi connectivity index (χ0) is 8.27. The molecule has 1 aliphatic rings. The van der Waals surface area contributed by atoms with Crippen molar-refractivity contribution in [1.29, 1.82) is 0 Å². The molecule has 0 bridgehead atoms. The van der Waals surface area contributed by atoms with Crippen LogP contribution in [0, 0.1) is 0 Å². The van der Waals surface area contributed by atoms with Crippen LogP contribution < -0.4 is 5.32 Å². The summed E-state index contributed by atoms with van der Waals surface area (Å²) in [6.45, 7) is 0. The largest absolute Gasteiger partial charge is 0.453 e. The maximum Gasteiger partial charge on any atom is 0.407 e. The highest BCUT2D eigenvalue weighted by atomic mass is 16.5. The molecule has 0 saturated heterocycles. The van der Waals surface area contributed by atoms with Crippen molar-refractivity contribution in [1.82, 2.24) is 5.32 Å². The summed E-state index contributed by atoms with van der Waals surface area (Å²) in [5.41, 5.74) is 0. The second-order valence-electron chi connectivity index (χ2n) is 2.74. The smallest absolute Gasteiger partial charge is 0.407 e. The van der Waals surface area contributed by atoms with Crippen molar-refractivity contribution < 1.29 is 14.6 Å². The summed E-state index contributed by atoms with van der Waals surface area (Å²) in [5, 5.41) is 11.8. The van der Waals surface area contributed by atoms with Crippen LogP contribution in [0.25, 0.3) is 0 Å². The Morgan fingerprint density at radius 1 is 1.64 bits per heavy atom. The molecule has 0 aromatic heterocycles. The number of aliphatic hydroxyl groups excluding tert-OH is 1. The Morgan fingerprint density at radius 2 is 2.36 bits per heavy atom. The molecule has 1 rings (SSSR count). The van der Waals surface area contributed by atoms with Gasteiger partial charge in [-0.1, -0.05) is 0 Å². The normalized spacial score (nSPS) is 30.0. The average Bonchev–Trinajstić information content (AvgIpc) is 2.37. The monoisotopic (exact) mass is 159 g/mol. The SMILES string of the molecule is COC(=O)NC1CCCC1O. The quantitative estimate of drug-likeness (QED) is 0.576. The molecule has 4 nitrogen and oxygen atoms in total. The van der Waals surface area contributed by atoms with Crippen LogP contribution in [-0.2, 0) is 4.74 Å². The van der Waals surface area contributed by atoms with Gasteiger partial charge in [-0.3, -0.25) is 0 Å². The third kappa shape index (κ3) is 2.08. The van der Waals surface area contributed by atoms with E-state index in [1.165, 1.54) is 7.11 Å². The summed E-state index contributed by atoms with van der Waals surface area (Å²) in [6.07, 6.45) is 1.73. The van der Waals surface area contributed by atoms with E-state index in [9.17, 15) is 9.90 Å². The summed E-state index contributed by atoms with van der Waals surface area (Å²) in [6, 6.07) is -0.109. The fraction of sp³-hybridized carbons (Fsp3) is 0.857. The number of nitrogens with one attached hydrogen (secondary N) is 1. The zero-order valence-corrected chi connectivity index (χ0v) is 6.54. The van der Waals surface area contributed by atoms with Crippen LogP contribution in [0.15, 0.2) is 0 Å². The van der Waals surface area contributed by atoms with E-state index in [-0.39, 0.29) is 6.04 Å². The Kier molecular flexibility index (Phi) is 2.70. The first-order chi connectivity index (χ1) is 5.24. The fourth-order valence-electron chi connectivity index (χ4n) is 1.32. The van der Waals surface area contributed by atoms with Gasteiger partial charge in [0.2, 0.25) is 0 Å². The van der Waals surface area contributed by atoms with Crippen molar-refractivity contribution in [3.8, 4) is 0 Å². The number of aliphatic hydroxyl groups is 1. The fourth-order valence-corrected chi connectivity index (χ4v) is 1.32. The Labute approximate surface area is 65.5 Å². The van der Waals surface area contributed by atoms with Gasteiger partial charge in [-0.15, -0.1) is 0 Å². The first-order valence-electron chi connectivity index (χ1n) is 3.76. The number of hydrogen-bond donors (Lipinski definition) is 2. The van der Waals surface area contributed by atoms with E-state index in [0.29, 0.717) is 0 Å². The molecule has 0 radical (unpaired) electrons. The molecule has 1 amide bonds. The molecule has 0 spiro atoms. The summed E-state index contributed by atoms with van der Waals surface area (Å²) in [5.74, 6) is 0. The molecular weight excluding hydrogens is 146 g/mol. The summed E-state index contributed by atoms with van der Waals surface area (Å²) < 4.78 is 4.40. The van der Waals surface area contributed by atoms with E-state index < -0.39 is 12.2 Å². The van der Waals surface area contributed by atoms with Crippen molar-refractivity contribution in [2.75, 3.05) is 7.11 Å². The predicted molar refractivity (Wildman–Crippen MR) is 39.2 cm³/mol. The van der Waals surface area contributed by atoms with Gasteiger partial charge in [0.1, 0.15) is 0 Å². The van der Waals surface area contributed by atoms with Gasteiger partial charge in [-0.2, -0.15) is 0 Å². The minimum atomic E-state index is -0.462. The maximum atomic E-state index is 10.7. The first kappa shape index (κ1) is 8.33. The van der Waals surface area contributed by atoms with Crippen LogP contribution in [0.4, 0.5) is 4.79 Å². The lowest BCUT2D eigenvalue weighted by Crippen LogP contribution is -2.39. The molecule has 1 aliphatic carbocycles.